The van der Waals surface area contributed by atoms with E-state index >= 15 is 0 Å². The molecule has 0 aliphatic heterocycles. The SMILES string of the molecule is CC(C)(C)OC(=O)CN(Cc1ccc(-c2cccc(Cl)c2)cc1)C[C@@H](O)C(=O)O. The number of aliphatic carboxylic acids is 1. The van der Waals surface area contributed by atoms with Crippen molar-refractivity contribution in [3.8, 4) is 11.1 Å². The van der Waals surface area contributed by atoms with E-state index in [0.717, 1.165) is 16.7 Å². The molecule has 7 heteroatoms. The topological polar surface area (TPSA) is 87.1 Å². The molecular formula is C22H26ClNO5. The lowest BCUT2D eigenvalue weighted by atomic mass is 10.0. The zero-order valence-electron chi connectivity index (χ0n) is 16.8. The molecule has 0 aliphatic carbocycles. The second-order valence-electron chi connectivity index (χ2n) is 7.82. The number of aliphatic hydroxyl groups excluding tert-OH is 1. The molecule has 0 spiro atoms. The van der Waals surface area contributed by atoms with Gasteiger partial charge in [0.15, 0.2) is 6.10 Å². The molecule has 6 nitrogen and oxygen atoms in total. The van der Waals surface area contributed by atoms with Gasteiger partial charge in [0, 0.05) is 18.1 Å². The normalized spacial score (nSPS) is 12.6. The number of aliphatic hydroxyl groups is 1. The monoisotopic (exact) mass is 419 g/mol. The van der Waals surface area contributed by atoms with E-state index < -0.39 is 23.6 Å². The molecule has 2 N–H and O–H groups in total. The highest BCUT2D eigenvalue weighted by atomic mass is 35.5. The van der Waals surface area contributed by atoms with E-state index in [1.165, 1.54) is 0 Å². The van der Waals surface area contributed by atoms with Gasteiger partial charge in [-0.3, -0.25) is 9.69 Å². The molecule has 0 fully saturated rings. The molecule has 0 bridgehead atoms. The van der Waals surface area contributed by atoms with Crippen LogP contribution in [-0.2, 0) is 20.9 Å². The molecule has 0 aliphatic rings. The van der Waals surface area contributed by atoms with Gasteiger partial charge in [-0.25, -0.2) is 4.79 Å². The van der Waals surface area contributed by atoms with Crippen molar-refractivity contribution in [3.63, 3.8) is 0 Å². The van der Waals surface area contributed by atoms with E-state index in [1.807, 2.05) is 48.5 Å². The van der Waals surface area contributed by atoms with Crippen LogP contribution in [0.2, 0.25) is 5.02 Å². The van der Waals surface area contributed by atoms with Crippen LogP contribution in [0, 0.1) is 0 Å². The molecule has 2 aromatic rings. The lowest BCUT2D eigenvalue weighted by Crippen LogP contribution is -2.41. The number of carboxylic acid groups (broad SMARTS) is 1. The standard InChI is InChI=1S/C22H26ClNO5/c1-22(2,3)29-20(26)14-24(13-19(25)21(27)28)12-15-7-9-16(10-8-15)17-5-4-6-18(23)11-17/h4-11,19,25H,12-14H2,1-3H3,(H,27,28)/t19-/m1/s1. The summed E-state index contributed by atoms with van der Waals surface area (Å²) < 4.78 is 5.31. The minimum atomic E-state index is -1.59. The molecule has 0 saturated heterocycles. The molecule has 2 rings (SSSR count). The molecular weight excluding hydrogens is 394 g/mol. The summed E-state index contributed by atoms with van der Waals surface area (Å²) >= 11 is 6.04. The van der Waals surface area contributed by atoms with Crippen LogP contribution in [-0.4, -0.2) is 51.8 Å². The summed E-state index contributed by atoms with van der Waals surface area (Å²) in [5, 5.41) is 19.4. The summed E-state index contributed by atoms with van der Waals surface area (Å²) in [6.45, 7) is 5.25. The highest BCUT2D eigenvalue weighted by molar-refractivity contribution is 6.30. The molecule has 156 valence electrons. The third-order valence-electron chi connectivity index (χ3n) is 4.01. The van der Waals surface area contributed by atoms with Gasteiger partial charge in [0.2, 0.25) is 0 Å². The molecule has 29 heavy (non-hydrogen) atoms. The maximum atomic E-state index is 12.2. The number of nitrogens with zero attached hydrogens (tertiary/aromatic N) is 1. The largest absolute Gasteiger partial charge is 0.479 e. The molecule has 0 amide bonds. The minimum Gasteiger partial charge on any atom is -0.479 e. The summed E-state index contributed by atoms with van der Waals surface area (Å²) in [6, 6.07) is 15.2. The molecule has 0 heterocycles. The number of ether oxygens (including phenoxy) is 1. The summed E-state index contributed by atoms with van der Waals surface area (Å²) in [4.78, 5) is 24.8. The van der Waals surface area contributed by atoms with Crippen molar-refractivity contribution in [3.05, 3.63) is 59.1 Å². The van der Waals surface area contributed by atoms with Gasteiger partial charge in [-0.05, 0) is 49.6 Å². The van der Waals surface area contributed by atoms with E-state index in [-0.39, 0.29) is 13.1 Å². The third-order valence-corrected chi connectivity index (χ3v) is 4.24. The summed E-state index contributed by atoms with van der Waals surface area (Å²) in [5.74, 6) is -1.82. The van der Waals surface area contributed by atoms with Crippen LogP contribution < -0.4 is 0 Å². The van der Waals surface area contributed by atoms with Crippen molar-refractivity contribution in [2.24, 2.45) is 0 Å². The fraction of sp³-hybridized carbons (Fsp3) is 0.364. The molecule has 0 radical (unpaired) electrons. The number of benzene rings is 2. The summed E-state index contributed by atoms with van der Waals surface area (Å²) in [6.07, 6.45) is -1.59. The zero-order chi connectivity index (χ0) is 21.6. The number of carboxylic acids is 1. The van der Waals surface area contributed by atoms with Crippen LogP contribution in [0.25, 0.3) is 11.1 Å². The number of carbonyl (C=O) groups is 2. The Balaban J connectivity index is 2.12. The highest BCUT2D eigenvalue weighted by Gasteiger charge is 2.23. The van der Waals surface area contributed by atoms with Crippen molar-refractivity contribution in [1.29, 1.82) is 0 Å². The van der Waals surface area contributed by atoms with Crippen LogP contribution in [0.4, 0.5) is 0 Å². The van der Waals surface area contributed by atoms with Gasteiger partial charge in [-0.15, -0.1) is 0 Å². The Kier molecular flexibility index (Phi) is 7.79. The van der Waals surface area contributed by atoms with Gasteiger partial charge in [-0.2, -0.15) is 0 Å². The fourth-order valence-electron chi connectivity index (χ4n) is 2.79. The first-order valence-electron chi connectivity index (χ1n) is 9.23. The Labute approximate surface area is 175 Å². The van der Waals surface area contributed by atoms with Crippen molar-refractivity contribution in [2.45, 2.75) is 39.0 Å². The number of esters is 1. The van der Waals surface area contributed by atoms with Gasteiger partial charge in [-0.1, -0.05) is 48.0 Å². The minimum absolute atomic E-state index is 0.127. The fourth-order valence-corrected chi connectivity index (χ4v) is 2.98. The summed E-state index contributed by atoms with van der Waals surface area (Å²) in [5.41, 5.74) is 2.20. The van der Waals surface area contributed by atoms with E-state index in [9.17, 15) is 14.7 Å². The number of halogens is 1. The van der Waals surface area contributed by atoms with Gasteiger partial charge in [0.05, 0.1) is 6.54 Å². The van der Waals surface area contributed by atoms with Gasteiger partial charge >= 0.3 is 11.9 Å². The van der Waals surface area contributed by atoms with Crippen LogP contribution in [0.15, 0.2) is 48.5 Å². The first-order chi connectivity index (χ1) is 13.5. The van der Waals surface area contributed by atoms with Crippen LogP contribution in [0.5, 0.6) is 0 Å². The zero-order valence-corrected chi connectivity index (χ0v) is 17.5. The Morgan fingerprint density at radius 2 is 1.76 bits per heavy atom. The molecule has 0 aromatic heterocycles. The Morgan fingerprint density at radius 3 is 2.31 bits per heavy atom. The Morgan fingerprint density at radius 1 is 1.10 bits per heavy atom. The molecule has 0 saturated carbocycles. The van der Waals surface area contributed by atoms with Crippen LogP contribution in [0.3, 0.4) is 0 Å². The van der Waals surface area contributed by atoms with Gasteiger partial charge in [0.25, 0.3) is 0 Å². The number of carbonyl (C=O) groups excluding carboxylic acids is 1. The van der Waals surface area contributed by atoms with Crippen molar-refractivity contribution in [2.75, 3.05) is 13.1 Å². The van der Waals surface area contributed by atoms with Gasteiger partial charge < -0.3 is 14.9 Å². The predicted molar refractivity (Wildman–Crippen MR) is 112 cm³/mol. The van der Waals surface area contributed by atoms with E-state index in [0.29, 0.717) is 11.6 Å². The van der Waals surface area contributed by atoms with E-state index in [2.05, 4.69) is 0 Å². The molecule has 0 unspecified atom stereocenters. The first kappa shape index (κ1) is 22.9. The maximum Gasteiger partial charge on any atom is 0.333 e. The van der Waals surface area contributed by atoms with Gasteiger partial charge in [0.1, 0.15) is 5.60 Å². The lowest BCUT2D eigenvalue weighted by Gasteiger charge is -2.26. The average molecular weight is 420 g/mol. The Bertz CT molecular complexity index is 845. The predicted octanol–water partition coefficient (Wildman–Crippen LogP) is 3.60. The molecule has 2 aromatic carbocycles. The highest BCUT2D eigenvalue weighted by Crippen LogP contribution is 2.23. The second-order valence-corrected chi connectivity index (χ2v) is 8.25. The van der Waals surface area contributed by atoms with E-state index in [4.69, 9.17) is 21.4 Å². The number of hydrogen-bond donors (Lipinski definition) is 2. The lowest BCUT2D eigenvalue weighted by molar-refractivity contribution is -0.158. The molecule has 1 atom stereocenters. The first-order valence-corrected chi connectivity index (χ1v) is 9.61. The third kappa shape index (κ3) is 7.85. The summed E-state index contributed by atoms with van der Waals surface area (Å²) in [7, 11) is 0. The number of hydrogen-bond acceptors (Lipinski definition) is 5. The number of rotatable bonds is 8. The van der Waals surface area contributed by atoms with Crippen molar-refractivity contribution in [1.82, 2.24) is 4.90 Å². The Hall–Kier alpha value is -2.41. The second kappa shape index (κ2) is 9.87. The van der Waals surface area contributed by atoms with Crippen LogP contribution >= 0.6 is 11.6 Å². The van der Waals surface area contributed by atoms with Crippen LogP contribution in [0.1, 0.15) is 26.3 Å². The van der Waals surface area contributed by atoms with E-state index in [1.54, 1.807) is 25.7 Å². The smallest absolute Gasteiger partial charge is 0.333 e. The maximum absolute atomic E-state index is 12.2. The average Bonchev–Trinajstić information content (AvgIpc) is 2.60. The van der Waals surface area contributed by atoms with Crippen molar-refractivity contribution >= 4 is 23.5 Å². The quantitative estimate of drug-likeness (QED) is 0.636. The van der Waals surface area contributed by atoms with Crippen molar-refractivity contribution < 1.29 is 24.5 Å².